The normalized spacial score (nSPS) is 21.7. The molecule has 5 heterocycles. The molecule has 0 radical (unpaired) electrons. The summed E-state index contributed by atoms with van der Waals surface area (Å²) in [5.74, 6) is 0.684. The molecule has 42 heavy (non-hydrogen) atoms. The molecule has 2 aromatic rings. The highest BCUT2D eigenvalue weighted by Crippen LogP contribution is 2.29. The SMILES string of the molecule is CO[C@@H]1CCOC[C@H]1Cc1cc(NC(=O)N2CCCc3cc(CN(C)C(=O)[C@H]4CCCO4)c(C=O)nc32)ncc1C#N. The van der Waals surface area contributed by atoms with Gasteiger partial charge in [0.05, 0.1) is 18.3 Å². The highest BCUT2D eigenvalue weighted by atomic mass is 16.5. The largest absolute Gasteiger partial charge is 0.381 e. The van der Waals surface area contributed by atoms with Crippen LogP contribution in [-0.4, -0.2) is 85.8 Å². The van der Waals surface area contributed by atoms with Gasteiger partial charge in [0.25, 0.3) is 5.91 Å². The van der Waals surface area contributed by atoms with Crippen molar-refractivity contribution in [3.8, 4) is 6.07 Å². The van der Waals surface area contributed by atoms with E-state index in [-0.39, 0.29) is 30.2 Å². The molecule has 12 nitrogen and oxygen atoms in total. The van der Waals surface area contributed by atoms with Crippen LogP contribution in [0, 0.1) is 17.2 Å². The predicted molar refractivity (Wildman–Crippen MR) is 152 cm³/mol. The molecule has 2 aromatic heterocycles. The zero-order valence-electron chi connectivity index (χ0n) is 24.0. The predicted octanol–water partition coefficient (Wildman–Crippen LogP) is 2.88. The number of urea groups is 1. The number of nitrogens with one attached hydrogen (secondary N) is 1. The quantitative estimate of drug-likeness (QED) is 0.469. The van der Waals surface area contributed by atoms with E-state index in [9.17, 15) is 19.6 Å². The van der Waals surface area contributed by atoms with Crippen LogP contribution in [0.3, 0.4) is 0 Å². The van der Waals surface area contributed by atoms with Crippen molar-refractivity contribution in [2.24, 2.45) is 5.92 Å². The first-order valence-electron chi connectivity index (χ1n) is 14.3. The minimum absolute atomic E-state index is 0.0262. The Hall–Kier alpha value is -3.92. The fourth-order valence-electron chi connectivity index (χ4n) is 5.91. The van der Waals surface area contributed by atoms with Crippen LogP contribution in [0.4, 0.5) is 16.4 Å². The van der Waals surface area contributed by atoms with E-state index in [0.717, 1.165) is 24.0 Å². The van der Waals surface area contributed by atoms with E-state index in [1.807, 2.05) is 6.07 Å². The van der Waals surface area contributed by atoms with E-state index < -0.39 is 12.1 Å². The van der Waals surface area contributed by atoms with Crippen LogP contribution in [0.25, 0.3) is 0 Å². The van der Waals surface area contributed by atoms with Gasteiger partial charge in [-0.25, -0.2) is 14.8 Å². The highest BCUT2D eigenvalue weighted by molar-refractivity contribution is 6.01. The number of hydrogen-bond acceptors (Lipinski definition) is 9. The molecule has 0 unspecified atom stereocenters. The maximum atomic E-state index is 13.5. The van der Waals surface area contributed by atoms with Gasteiger partial charge in [0.1, 0.15) is 29.5 Å². The minimum atomic E-state index is -0.451. The number of carbonyl (C=O) groups excluding carboxylic acids is 3. The Morgan fingerprint density at radius 2 is 2.12 bits per heavy atom. The lowest BCUT2D eigenvalue weighted by atomic mass is 9.90. The Bertz CT molecular complexity index is 1370. The van der Waals surface area contributed by atoms with Crippen LogP contribution in [0.15, 0.2) is 18.3 Å². The summed E-state index contributed by atoms with van der Waals surface area (Å²) in [7, 11) is 3.37. The fraction of sp³-hybridized carbons (Fsp3) is 0.533. The van der Waals surface area contributed by atoms with Crippen LogP contribution in [0.1, 0.15) is 58.4 Å². The van der Waals surface area contributed by atoms with Crippen molar-refractivity contribution in [1.82, 2.24) is 14.9 Å². The summed E-state index contributed by atoms with van der Waals surface area (Å²) in [6, 6.07) is 5.34. The average molecular weight is 577 g/mol. The van der Waals surface area contributed by atoms with Gasteiger partial charge in [0, 0.05) is 58.1 Å². The molecule has 5 rings (SSSR count). The molecule has 222 valence electrons. The molecule has 0 aromatic carbocycles. The van der Waals surface area contributed by atoms with Gasteiger partial charge in [-0.1, -0.05) is 0 Å². The van der Waals surface area contributed by atoms with E-state index in [2.05, 4.69) is 21.4 Å². The first-order chi connectivity index (χ1) is 20.4. The summed E-state index contributed by atoms with van der Waals surface area (Å²) in [4.78, 5) is 50.2. The van der Waals surface area contributed by atoms with E-state index in [0.29, 0.717) is 81.1 Å². The molecule has 12 heteroatoms. The molecule has 3 aliphatic heterocycles. The first kappa shape index (κ1) is 29.6. The second kappa shape index (κ2) is 13.4. The number of ether oxygens (including phenoxy) is 3. The van der Waals surface area contributed by atoms with Crippen molar-refractivity contribution >= 4 is 29.9 Å². The second-order valence-corrected chi connectivity index (χ2v) is 11.0. The number of pyridine rings is 2. The van der Waals surface area contributed by atoms with Gasteiger partial charge in [0.15, 0.2) is 6.29 Å². The summed E-state index contributed by atoms with van der Waals surface area (Å²) >= 11 is 0. The van der Waals surface area contributed by atoms with Crippen molar-refractivity contribution in [1.29, 1.82) is 5.26 Å². The number of carbonyl (C=O) groups is 3. The van der Waals surface area contributed by atoms with Gasteiger partial charge < -0.3 is 19.1 Å². The molecule has 1 N–H and O–H groups in total. The lowest BCUT2D eigenvalue weighted by molar-refractivity contribution is -0.140. The van der Waals surface area contributed by atoms with Crippen molar-refractivity contribution in [2.75, 3.05) is 50.7 Å². The average Bonchev–Trinajstić information content (AvgIpc) is 3.55. The third kappa shape index (κ3) is 6.43. The lowest BCUT2D eigenvalue weighted by Gasteiger charge is -2.31. The number of nitrogens with zero attached hydrogens (tertiary/aromatic N) is 5. The minimum Gasteiger partial charge on any atom is -0.381 e. The number of methoxy groups -OCH3 is 1. The number of aromatic nitrogens is 2. The molecule has 3 atom stereocenters. The third-order valence-electron chi connectivity index (χ3n) is 8.15. The summed E-state index contributed by atoms with van der Waals surface area (Å²) in [6.07, 6.45) is 5.96. The van der Waals surface area contributed by atoms with E-state index in [4.69, 9.17) is 14.2 Å². The van der Waals surface area contributed by atoms with Crippen LogP contribution >= 0.6 is 0 Å². The molecule has 0 bridgehead atoms. The number of fused-ring (bicyclic) bond motifs is 1. The topological polar surface area (TPSA) is 147 Å². The van der Waals surface area contributed by atoms with Gasteiger partial charge in [0.2, 0.25) is 0 Å². The maximum Gasteiger partial charge on any atom is 0.328 e. The molecule has 3 aliphatic rings. The fourth-order valence-corrected chi connectivity index (χ4v) is 5.91. The molecule has 0 saturated carbocycles. The number of aryl methyl sites for hydroxylation is 1. The van der Waals surface area contributed by atoms with Crippen LogP contribution in [0.2, 0.25) is 0 Å². The molecule has 2 fully saturated rings. The van der Waals surface area contributed by atoms with Crippen LogP contribution in [-0.2, 0) is 38.4 Å². The van der Waals surface area contributed by atoms with Crippen molar-refractivity contribution < 1.29 is 28.6 Å². The monoisotopic (exact) mass is 576 g/mol. The Labute approximate surface area is 244 Å². The van der Waals surface area contributed by atoms with Gasteiger partial charge in [-0.3, -0.25) is 19.8 Å². The van der Waals surface area contributed by atoms with Crippen LogP contribution in [0.5, 0.6) is 0 Å². The summed E-state index contributed by atoms with van der Waals surface area (Å²) in [6.45, 7) is 2.38. The van der Waals surface area contributed by atoms with E-state index in [1.54, 1.807) is 25.1 Å². The maximum absolute atomic E-state index is 13.5. The van der Waals surface area contributed by atoms with Gasteiger partial charge in [-0.15, -0.1) is 0 Å². The molecule has 0 spiro atoms. The smallest absolute Gasteiger partial charge is 0.328 e. The molecular formula is C30H36N6O6. The Morgan fingerprint density at radius 1 is 1.26 bits per heavy atom. The number of anilines is 2. The Morgan fingerprint density at radius 3 is 2.86 bits per heavy atom. The first-order valence-corrected chi connectivity index (χ1v) is 14.3. The Balaban J connectivity index is 1.32. The molecule has 2 saturated heterocycles. The van der Waals surface area contributed by atoms with E-state index in [1.165, 1.54) is 11.1 Å². The molecular weight excluding hydrogens is 540 g/mol. The number of hydrogen-bond donors (Lipinski definition) is 1. The molecule has 3 amide bonds. The van der Waals surface area contributed by atoms with E-state index >= 15 is 0 Å². The Kier molecular flexibility index (Phi) is 9.41. The highest BCUT2D eigenvalue weighted by Gasteiger charge is 2.30. The number of rotatable bonds is 8. The van der Waals surface area contributed by atoms with Gasteiger partial charge in [-0.2, -0.15) is 5.26 Å². The van der Waals surface area contributed by atoms with Crippen molar-refractivity contribution in [3.05, 3.63) is 46.3 Å². The second-order valence-electron chi connectivity index (χ2n) is 11.0. The number of nitriles is 1. The standard InChI is InChI=1S/C30H36N6O6/c1-35(29(38)26-6-4-9-42-26)16-21-11-19-5-3-8-36(28(19)33-24(21)17-37)30(39)34-27-13-20(23(14-31)15-32-27)12-22-18-41-10-7-25(22)40-2/h11,13,15,17,22,25-26H,3-10,12,16,18H2,1-2H3,(H,32,34,39)/t22-,25-,26-/m1/s1. The summed E-state index contributed by atoms with van der Waals surface area (Å²) < 4.78 is 16.8. The number of aldehydes is 1. The van der Waals surface area contributed by atoms with Crippen molar-refractivity contribution in [2.45, 2.75) is 57.3 Å². The zero-order chi connectivity index (χ0) is 29.6. The van der Waals surface area contributed by atoms with Gasteiger partial charge in [-0.05, 0) is 61.8 Å². The third-order valence-corrected chi connectivity index (χ3v) is 8.15. The summed E-state index contributed by atoms with van der Waals surface area (Å²) in [5.41, 5.74) is 2.82. The lowest BCUT2D eigenvalue weighted by Crippen LogP contribution is -2.40. The van der Waals surface area contributed by atoms with Gasteiger partial charge >= 0.3 is 6.03 Å². The van der Waals surface area contributed by atoms with Crippen LogP contribution < -0.4 is 10.2 Å². The number of likely N-dealkylation sites (N-methyl/N-ethyl adjacent to an activating group) is 1. The molecule has 0 aliphatic carbocycles. The van der Waals surface area contributed by atoms with Crippen molar-refractivity contribution in [3.63, 3.8) is 0 Å². The zero-order valence-corrected chi connectivity index (χ0v) is 24.0. The summed E-state index contributed by atoms with van der Waals surface area (Å²) in [5, 5.41) is 12.5. The number of amides is 3.